The molecule has 2 aromatic heterocycles. The lowest BCUT2D eigenvalue weighted by atomic mass is 10.0. The summed E-state index contributed by atoms with van der Waals surface area (Å²) in [5.74, 6) is 0.539. The van der Waals surface area contributed by atoms with Gasteiger partial charge in [0.25, 0.3) is 0 Å². The number of likely N-dealkylation sites (N-methyl/N-ethyl adjacent to an activating group) is 1. The van der Waals surface area contributed by atoms with E-state index in [-0.39, 0.29) is 12.0 Å². The van der Waals surface area contributed by atoms with E-state index in [1.54, 1.807) is 13.2 Å². The molecule has 176 valence electrons. The third kappa shape index (κ3) is 4.58. The van der Waals surface area contributed by atoms with Crippen molar-refractivity contribution in [2.24, 2.45) is 0 Å². The van der Waals surface area contributed by atoms with Crippen LogP contribution in [0.5, 0.6) is 5.75 Å². The van der Waals surface area contributed by atoms with Crippen molar-refractivity contribution in [2.75, 3.05) is 65.9 Å². The van der Waals surface area contributed by atoms with Gasteiger partial charge >= 0.3 is 0 Å². The third-order valence-corrected chi connectivity index (χ3v) is 5.76. The number of aliphatic hydroxyl groups excluding tert-OH is 1. The van der Waals surface area contributed by atoms with E-state index in [0.717, 1.165) is 40.9 Å². The normalized spacial score (nSPS) is 11.9. The molecule has 9 heteroatoms. The maximum absolute atomic E-state index is 13.7. The van der Waals surface area contributed by atoms with E-state index in [1.165, 1.54) is 0 Å². The minimum atomic E-state index is -0.0709. The molecule has 0 unspecified atom stereocenters. The van der Waals surface area contributed by atoms with Crippen molar-refractivity contribution in [1.82, 2.24) is 25.1 Å². The van der Waals surface area contributed by atoms with E-state index in [9.17, 15) is 4.79 Å². The summed E-state index contributed by atoms with van der Waals surface area (Å²) in [6, 6.07) is 9.59. The van der Waals surface area contributed by atoms with Crippen LogP contribution in [0.25, 0.3) is 27.2 Å². The molecule has 0 atom stereocenters. The molecular weight excluding hydrogens is 420 g/mol. The van der Waals surface area contributed by atoms with Crippen LogP contribution in [-0.4, -0.2) is 80.2 Å². The predicted octanol–water partition coefficient (Wildman–Crippen LogP) is 1.09. The highest BCUT2D eigenvalue weighted by molar-refractivity contribution is 6.09. The monoisotopic (exact) mass is 452 g/mol. The highest BCUT2D eigenvalue weighted by Crippen LogP contribution is 2.33. The molecule has 0 spiro atoms. The fraction of sp³-hybridized carbons (Fsp3) is 0.417. The van der Waals surface area contributed by atoms with Gasteiger partial charge in [0.15, 0.2) is 0 Å². The molecule has 0 bridgehead atoms. The average molecular weight is 453 g/mol. The van der Waals surface area contributed by atoms with Gasteiger partial charge in [-0.15, -0.1) is 0 Å². The molecule has 0 aliphatic carbocycles. The van der Waals surface area contributed by atoms with Gasteiger partial charge in [0.05, 0.1) is 41.2 Å². The zero-order chi connectivity index (χ0) is 23.4. The number of nitrogens with zero attached hydrogens (tertiary/aromatic N) is 3. The Hall–Kier alpha value is -2.98. The van der Waals surface area contributed by atoms with Crippen LogP contribution in [0, 0.1) is 0 Å². The molecule has 4 aromatic rings. The summed E-state index contributed by atoms with van der Waals surface area (Å²) in [6.45, 7) is 4.32. The number of methoxy groups -OCH3 is 1. The number of aliphatic hydroxyl groups is 1. The van der Waals surface area contributed by atoms with Crippen molar-refractivity contribution in [2.45, 2.75) is 6.54 Å². The van der Waals surface area contributed by atoms with Crippen LogP contribution in [0.4, 0.5) is 5.69 Å². The van der Waals surface area contributed by atoms with Crippen molar-refractivity contribution in [3.05, 3.63) is 46.2 Å². The van der Waals surface area contributed by atoms with E-state index in [0.29, 0.717) is 42.7 Å². The molecule has 0 amide bonds. The Labute approximate surface area is 192 Å². The molecule has 0 aliphatic heterocycles. The van der Waals surface area contributed by atoms with Crippen LogP contribution in [-0.2, 0) is 6.54 Å². The van der Waals surface area contributed by atoms with Crippen molar-refractivity contribution in [3.8, 4) is 5.75 Å². The van der Waals surface area contributed by atoms with Crippen LogP contribution >= 0.6 is 0 Å². The van der Waals surface area contributed by atoms with E-state index < -0.39 is 0 Å². The van der Waals surface area contributed by atoms with Crippen LogP contribution < -0.4 is 26.1 Å². The van der Waals surface area contributed by atoms with Crippen molar-refractivity contribution < 1.29 is 9.84 Å². The summed E-state index contributed by atoms with van der Waals surface area (Å²) in [7, 11) is 5.67. The van der Waals surface area contributed by atoms with Gasteiger partial charge in [-0.3, -0.25) is 4.79 Å². The minimum Gasteiger partial charge on any atom is -0.496 e. The van der Waals surface area contributed by atoms with E-state index >= 15 is 0 Å². The number of rotatable bonds is 12. The van der Waals surface area contributed by atoms with Crippen LogP contribution in [0.15, 0.2) is 35.1 Å². The van der Waals surface area contributed by atoms with Gasteiger partial charge in [-0.1, -0.05) is 6.07 Å². The van der Waals surface area contributed by atoms with Crippen molar-refractivity contribution >= 4 is 32.9 Å². The second-order valence-corrected chi connectivity index (χ2v) is 8.31. The first-order chi connectivity index (χ1) is 16.1. The molecule has 0 radical (unpaired) electrons. The fourth-order valence-corrected chi connectivity index (χ4v) is 4.17. The van der Waals surface area contributed by atoms with Gasteiger partial charge in [0, 0.05) is 50.3 Å². The van der Waals surface area contributed by atoms with E-state index in [2.05, 4.69) is 20.9 Å². The Morgan fingerprint density at radius 2 is 1.91 bits per heavy atom. The first-order valence-electron chi connectivity index (χ1n) is 11.2. The molecular formula is C24H32N6O3. The number of nitrogens with one attached hydrogen (secondary N) is 3. The molecule has 4 rings (SSSR count). The van der Waals surface area contributed by atoms with Gasteiger partial charge < -0.3 is 30.7 Å². The number of ether oxygens (including phenoxy) is 1. The number of benzene rings is 2. The highest BCUT2D eigenvalue weighted by atomic mass is 16.5. The zero-order valence-electron chi connectivity index (χ0n) is 19.4. The lowest BCUT2D eigenvalue weighted by Gasteiger charge is -2.13. The van der Waals surface area contributed by atoms with Gasteiger partial charge in [-0.2, -0.15) is 5.10 Å². The Balaban J connectivity index is 1.83. The molecule has 0 saturated heterocycles. The quantitative estimate of drug-likeness (QED) is 0.187. The average Bonchev–Trinajstić information content (AvgIpc) is 3.18. The Morgan fingerprint density at radius 3 is 2.67 bits per heavy atom. The topological polar surface area (TPSA) is 103 Å². The number of hydrogen-bond donors (Lipinski definition) is 4. The number of anilines is 1. The Morgan fingerprint density at radius 1 is 1.06 bits per heavy atom. The summed E-state index contributed by atoms with van der Waals surface area (Å²) in [4.78, 5) is 15.9. The SMILES string of the molecule is COc1cccc2c1c(=O)c1c(NCCNCCO)ccc3c(CNCCN(C)C)nn2c31. The number of hydrogen-bond acceptors (Lipinski definition) is 8. The van der Waals surface area contributed by atoms with Crippen LogP contribution in [0.2, 0.25) is 0 Å². The lowest BCUT2D eigenvalue weighted by molar-refractivity contribution is 0.293. The molecule has 0 saturated carbocycles. The molecule has 2 aromatic carbocycles. The zero-order valence-corrected chi connectivity index (χ0v) is 19.4. The second-order valence-electron chi connectivity index (χ2n) is 8.31. The van der Waals surface area contributed by atoms with Crippen LogP contribution in [0.1, 0.15) is 5.69 Å². The summed E-state index contributed by atoms with van der Waals surface area (Å²) in [5, 5.41) is 25.9. The smallest absolute Gasteiger partial charge is 0.203 e. The molecule has 4 N–H and O–H groups in total. The first-order valence-corrected chi connectivity index (χ1v) is 11.2. The van der Waals surface area contributed by atoms with E-state index in [4.69, 9.17) is 14.9 Å². The summed E-state index contributed by atoms with van der Waals surface area (Å²) in [5.41, 5.74) is 3.16. The third-order valence-electron chi connectivity index (χ3n) is 5.76. The maximum atomic E-state index is 13.7. The molecule has 2 heterocycles. The summed E-state index contributed by atoms with van der Waals surface area (Å²) >= 11 is 0. The Kier molecular flexibility index (Phi) is 7.24. The summed E-state index contributed by atoms with van der Waals surface area (Å²) < 4.78 is 7.41. The second kappa shape index (κ2) is 10.3. The lowest BCUT2D eigenvalue weighted by Crippen LogP contribution is -2.26. The highest BCUT2D eigenvalue weighted by Gasteiger charge is 2.21. The van der Waals surface area contributed by atoms with Gasteiger partial charge in [0.2, 0.25) is 5.43 Å². The number of pyridine rings is 1. The van der Waals surface area contributed by atoms with Gasteiger partial charge in [-0.25, -0.2) is 4.52 Å². The molecule has 33 heavy (non-hydrogen) atoms. The van der Waals surface area contributed by atoms with Crippen molar-refractivity contribution in [1.29, 1.82) is 0 Å². The Bertz CT molecular complexity index is 1290. The van der Waals surface area contributed by atoms with E-state index in [1.807, 2.05) is 42.9 Å². The number of fused-ring (bicyclic) bond motifs is 2. The standard InChI is InChI=1S/C24H32N6O3/c1-29(2)13-11-26-15-18-16-7-8-17(27-10-9-25-12-14-31)21-23(16)30(28-18)19-5-4-6-20(33-3)22(19)24(21)32/h4-8,25-27,31H,9-15H2,1-3H3. The van der Waals surface area contributed by atoms with Gasteiger partial charge in [0.1, 0.15) is 5.75 Å². The largest absolute Gasteiger partial charge is 0.496 e. The van der Waals surface area contributed by atoms with Crippen LogP contribution in [0.3, 0.4) is 0 Å². The molecule has 0 aliphatic rings. The van der Waals surface area contributed by atoms with Crippen molar-refractivity contribution in [3.63, 3.8) is 0 Å². The fourth-order valence-electron chi connectivity index (χ4n) is 4.17. The summed E-state index contributed by atoms with van der Waals surface area (Å²) in [6.07, 6.45) is 0. The predicted molar refractivity (Wildman–Crippen MR) is 133 cm³/mol. The maximum Gasteiger partial charge on any atom is 0.203 e. The minimum absolute atomic E-state index is 0.0709. The first kappa shape index (κ1) is 23.2. The molecule has 9 nitrogen and oxygen atoms in total. The van der Waals surface area contributed by atoms with Gasteiger partial charge in [-0.05, 0) is 38.4 Å². The molecule has 0 fully saturated rings. The number of aromatic nitrogens is 2.